The lowest BCUT2D eigenvalue weighted by Crippen LogP contribution is -2.33. The van der Waals surface area contributed by atoms with Gasteiger partial charge in [-0.2, -0.15) is 0 Å². The molecular formula is C19H31N3. The van der Waals surface area contributed by atoms with E-state index in [0.29, 0.717) is 5.92 Å². The molecule has 0 bridgehead atoms. The Kier molecular flexibility index (Phi) is 6.29. The van der Waals surface area contributed by atoms with Gasteiger partial charge in [0.1, 0.15) is 0 Å². The minimum absolute atomic E-state index is 0.649. The third-order valence-electron chi connectivity index (χ3n) is 4.61. The molecule has 1 aromatic rings. The van der Waals surface area contributed by atoms with Gasteiger partial charge in [-0.15, -0.1) is 0 Å². The summed E-state index contributed by atoms with van der Waals surface area (Å²) in [6.45, 7) is 6.82. The zero-order valence-corrected chi connectivity index (χ0v) is 14.4. The van der Waals surface area contributed by atoms with Crippen LogP contribution in [-0.2, 0) is 0 Å². The zero-order chi connectivity index (χ0) is 15.9. The smallest absolute Gasteiger partial charge is 0.0428 e. The van der Waals surface area contributed by atoms with Gasteiger partial charge < -0.3 is 15.6 Å². The predicted octanol–water partition coefficient (Wildman–Crippen LogP) is 4.77. The molecule has 0 heterocycles. The Morgan fingerprint density at radius 2 is 2.00 bits per heavy atom. The van der Waals surface area contributed by atoms with E-state index in [-0.39, 0.29) is 0 Å². The number of nitrogens with one attached hydrogen (secondary N) is 2. The van der Waals surface area contributed by atoms with Crippen molar-refractivity contribution in [3.63, 3.8) is 0 Å². The maximum absolute atomic E-state index is 7.64. The highest BCUT2D eigenvalue weighted by atomic mass is 15.1. The Hall–Kier alpha value is -1.51. The first-order valence-corrected chi connectivity index (χ1v) is 8.71. The largest absolute Gasteiger partial charge is 0.388 e. The molecule has 0 unspecified atom stereocenters. The van der Waals surface area contributed by atoms with Crippen LogP contribution >= 0.6 is 0 Å². The van der Waals surface area contributed by atoms with E-state index in [1.165, 1.54) is 44.0 Å². The lowest BCUT2D eigenvalue weighted by Gasteiger charge is -2.33. The summed E-state index contributed by atoms with van der Waals surface area (Å²) in [5, 5.41) is 10.8. The molecule has 1 aliphatic carbocycles. The van der Waals surface area contributed by atoms with E-state index in [2.05, 4.69) is 42.3 Å². The van der Waals surface area contributed by atoms with Crippen LogP contribution in [0.5, 0.6) is 0 Å². The van der Waals surface area contributed by atoms with Crippen molar-refractivity contribution in [2.45, 2.75) is 46.0 Å². The van der Waals surface area contributed by atoms with Gasteiger partial charge in [0, 0.05) is 43.3 Å². The van der Waals surface area contributed by atoms with Gasteiger partial charge >= 0.3 is 0 Å². The minimum atomic E-state index is 0.649. The van der Waals surface area contributed by atoms with E-state index in [4.69, 9.17) is 5.41 Å². The number of benzene rings is 1. The fourth-order valence-electron chi connectivity index (χ4n) is 3.50. The Morgan fingerprint density at radius 3 is 2.59 bits per heavy atom. The molecule has 0 aromatic heterocycles. The van der Waals surface area contributed by atoms with Crippen LogP contribution in [0.15, 0.2) is 18.2 Å². The van der Waals surface area contributed by atoms with Gasteiger partial charge in [0.05, 0.1) is 0 Å². The number of anilines is 2. The fourth-order valence-corrected chi connectivity index (χ4v) is 3.50. The molecule has 1 aliphatic rings. The molecule has 0 amide bonds. The van der Waals surface area contributed by atoms with Crippen LogP contribution in [-0.4, -0.2) is 26.4 Å². The number of nitrogens with zero attached hydrogens (tertiary/aromatic N) is 1. The van der Waals surface area contributed by atoms with Gasteiger partial charge in [-0.05, 0) is 42.9 Å². The van der Waals surface area contributed by atoms with Crippen molar-refractivity contribution in [3.05, 3.63) is 23.8 Å². The molecule has 122 valence electrons. The molecule has 3 heteroatoms. The van der Waals surface area contributed by atoms with Crippen LogP contribution in [0, 0.1) is 17.2 Å². The van der Waals surface area contributed by atoms with E-state index >= 15 is 0 Å². The van der Waals surface area contributed by atoms with Gasteiger partial charge in [0.2, 0.25) is 0 Å². The van der Waals surface area contributed by atoms with E-state index < -0.39 is 0 Å². The van der Waals surface area contributed by atoms with Crippen molar-refractivity contribution in [1.82, 2.24) is 0 Å². The molecule has 3 nitrogen and oxygen atoms in total. The summed E-state index contributed by atoms with van der Waals surface area (Å²) in [4.78, 5) is 2.53. The second-order valence-corrected chi connectivity index (χ2v) is 6.97. The molecule has 1 fully saturated rings. The highest BCUT2D eigenvalue weighted by molar-refractivity contribution is 5.87. The maximum Gasteiger partial charge on any atom is 0.0428 e. The second kappa shape index (κ2) is 8.21. The number of rotatable bonds is 7. The molecule has 1 saturated carbocycles. The quantitative estimate of drug-likeness (QED) is 0.712. The average molecular weight is 301 g/mol. The van der Waals surface area contributed by atoms with Crippen molar-refractivity contribution in [2.24, 2.45) is 11.8 Å². The van der Waals surface area contributed by atoms with E-state index in [0.717, 1.165) is 30.3 Å². The fraction of sp³-hybridized carbons (Fsp3) is 0.632. The first-order valence-electron chi connectivity index (χ1n) is 8.71. The van der Waals surface area contributed by atoms with E-state index in [9.17, 15) is 0 Å². The van der Waals surface area contributed by atoms with E-state index in [1.54, 1.807) is 0 Å². The van der Waals surface area contributed by atoms with Crippen LogP contribution < -0.4 is 10.2 Å². The molecule has 0 spiro atoms. The highest BCUT2D eigenvalue weighted by Crippen LogP contribution is 2.28. The van der Waals surface area contributed by atoms with Crippen molar-refractivity contribution < 1.29 is 0 Å². The molecule has 0 saturated heterocycles. The van der Waals surface area contributed by atoms with Crippen LogP contribution in [0.3, 0.4) is 0 Å². The summed E-state index contributed by atoms with van der Waals surface area (Å²) >= 11 is 0. The van der Waals surface area contributed by atoms with Crippen molar-refractivity contribution in [3.8, 4) is 0 Å². The Morgan fingerprint density at radius 1 is 1.27 bits per heavy atom. The first-order chi connectivity index (χ1) is 10.6. The summed E-state index contributed by atoms with van der Waals surface area (Å²) < 4.78 is 0. The Bertz CT molecular complexity index is 476. The Labute approximate surface area is 135 Å². The summed E-state index contributed by atoms with van der Waals surface area (Å²) in [5.74, 6) is 1.48. The normalized spacial score (nSPS) is 15.8. The molecular weight excluding hydrogens is 270 g/mol. The van der Waals surface area contributed by atoms with Crippen molar-refractivity contribution in [1.29, 1.82) is 5.41 Å². The third kappa shape index (κ3) is 4.49. The second-order valence-electron chi connectivity index (χ2n) is 6.97. The standard InChI is InChI=1S/C19H31N3/c1-15(2)13-22(14-16-7-5-4-6-8-16)18-9-10-19(21-3)17(11-18)12-20/h9-12,15-16,20-21H,4-8,13-14H2,1-3H3. The minimum Gasteiger partial charge on any atom is -0.388 e. The van der Waals surface area contributed by atoms with Gasteiger partial charge in [0.25, 0.3) is 0 Å². The first kappa shape index (κ1) is 16.9. The SMILES string of the molecule is CNc1ccc(N(CC(C)C)CC2CCCCC2)cc1C=N. The molecule has 0 atom stereocenters. The molecule has 2 rings (SSSR count). The van der Waals surface area contributed by atoms with Crippen molar-refractivity contribution in [2.75, 3.05) is 30.4 Å². The molecule has 22 heavy (non-hydrogen) atoms. The summed E-state index contributed by atoms with van der Waals surface area (Å²) in [6.07, 6.45) is 8.40. The third-order valence-corrected chi connectivity index (χ3v) is 4.61. The molecule has 1 aromatic carbocycles. The lowest BCUT2D eigenvalue weighted by molar-refractivity contribution is 0.354. The van der Waals surface area contributed by atoms with Crippen LogP contribution in [0.2, 0.25) is 0 Å². The maximum atomic E-state index is 7.64. The van der Waals surface area contributed by atoms with Crippen LogP contribution in [0.1, 0.15) is 51.5 Å². The van der Waals surface area contributed by atoms with Gasteiger partial charge in [0.15, 0.2) is 0 Å². The van der Waals surface area contributed by atoms with Crippen molar-refractivity contribution >= 4 is 17.6 Å². The predicted molar refractivity (Wildman–Crippen MR) is 97.5 cm³/mol. The summed E-state index contributed by atoms with van der Waals surface area (Å²) in [7, 11) is 1.91. The van der Waals surface area contributed by atoms with Gasteiger partial charge in [-0.3, -0.25) is 0 Å². The lowest BCUT2D eigenvalue weighted by atomic mass is 9.88. The number of hydrogen-bond donors (Lipinski definition) is 2. The topological polar surface area (TPSA) is 39.1 Å². The highest BCUT2D eigenvalue weighted by Gasteiger charge is 2.19. The van der Waals surface area contributed by atoms with E-state index in [1.807, 2.05) is 7.05 Å². The summed E-state index contributed by atoms with van der Waals surface area (Å²) in [5.41, 5.74) is 3.26. The molecule has 0 aliphatic heterocycles. The van der Waals surface area contributed by atoms with Gasteiger partial charge in [-0.1, -0.05) is 33.1 Å². The molecule has 2 N–H and O–H groups in total. The van der Waals surface area contributed by atoms with Gasteiger partial charge in [-0.25, -0.2) is 0 Å². The zero-order valence-electron chi connectivity index (χ0n) is 14.4. The average Bonchev–Trinajstić information content (AvgIpc) is 2.54. The molecule has 0 radical (unpaired) electrons. The number of hydrogen-bond acceptors (Lipinski definition) is 3. The summed E-state index contributed by atoms with van der Waals surface area (Å²) in [6, 6.07) is 6.46. The van der Waals surface area contributed by atoms with Crippen LogP contribution in [0.25, 0.3) is 0 Å². The van der Waals surface area contributed by atoms with Crippen LogP contribution in [0.4, 0.5) is 11.4 Å². The Balaban J connectivity index is 2.18. The monoisotopic (exact) mass is 301 g/mol.